The third kappa shape index (κ3) is 4.11. The summed E-state index contributed by atoms with van der Waals surface area (Å²) in [6.07, 6.45) is 0.730. The van der Waals surface area contributed by atoms with Gasteiger partial charge in [-0.25, -0.2) is 4.68 Å². The van der Waals surface area contributed by atoms with Crippen LogP contribution in [-0.4, -0.2) is 29.9 Å². The van der Waals surface area contributed by atoms with Gasteiger partial charge in [0.15, 0.2) is 0 Å². The number of aromatic nitrogens is 2. The van der Waals surface area contributed by atoms with Crippen LogP contribution in [0.2, 0.25) is 0 Å². The highest BCUT2D eigenvalue weighted by atomic mass is 32.1. The summed E-state index contributed by atoms with van der Waals surface area (Å²) in [4.78, 5) is 25.5. The van der Waals surface area contributed by atoms with Crippen LogP contribution in [0.3, 0.4) is 0 Å². The number of ether oxygens (including phenoxy) is 2. The number of carbonyl (C=O) groups excluding carboxylic acids is 1. The number of amides is 1. The molecule has 0 radical (unpaired) electrons. The van der Waals surface area contributed by atoms with Gasteiger partial charge in [0, 0.05) is 29.1 Å². The highest BCUT2D eigenvalue weighted by molar-refractivity contribution is 7.26. The first-order valence-corrected chi connectivity index (χ1v) is 10.7. The van der Waals surface area contributed by atoms with Gasteiger partial charge in [-0.1, -0.05) is 18.2 Å². The van der Waals surface area contributed by atoms with Crippen LogP contribution in [0.25, 0.3) is 20.2 Å². The maximum Gasteiger partial charge on any atom is 0.276 e. The Morgan fingerprint density at radius 3 is 2.74 bits per heavy atom. The molecule has 2 aromatic heterocycles. The van der Waals surface area contributed by atoms with E-state index < -0.39 is 0 Å². The first-order valence-electron chi connectivity index (χ1n) is 9.92. The zero-order valence-corrected chi connectivity index (χ0v) is 18.4. The molecule has 4 rings (SSSR count). The van der Waals surface area contributed by atoms with Crippen LogP contribution in [0.4, 0.5) is 5.69 Å². The normalized spacial score (nSPS) is 11.1. The molecular formula is C23H23N3O4S. The van der Waals surface area contributed by atoms with Crippen molar-refractivity contribution < 1.29 is 14.3 Å². The van der Waals surface area contributed by atoms with E-state index in [0.717, 1.165) is 20.5 Å². The van der Waals surface area contributed by atoms with Crippen molar-refractivity contribution >= 4 is 43.1 Å². The fourth-order valence-corrected chi connectivity index (χ4v) is 4.71. The van der Waals surface area contributed by atoms with Gasteiger partial charge in [-0.3, -0.25) is 9.59 Å². The van der Waals surface area contributed by atoms with Crippen LogP contribution in [0.15, 0.2) is 47.3 Å². The Kier molecular flexibility index (Phi) is 5.90. The lowest BCUT2D eigenvalue weighted by molar-refractivity contribution is -0.116. The molecule has 4 aromatic rings. The van der Waals surface area contributed by atoms with Crippen molar-refractivity contribution in [3.63, 3.8) is 0 Å². The Hall–Kier alpha value is -3.39. The molecule has 0 aliphatic heterocycles. The van der Waals surface area contributed by atoms with Gasteiger partial charge in [-0.15, -0.1) is 11.3 Å². The summed E-state index contributed by atoms with van der Waals surface area (Å²) in [7, 11) is 3.11. The van der Waals surface area contributed by atoms with E-state index in [9.17, 15) is 9.59 Å². The molecule has 31 heavy (non-hydrogen) atoms. The smallest absolute Gasteiger partial charge is 0.276 e. The molecule has 2 heterocycles. The predicted molar refractivity (Wildman–Crippen MR) is 124 cm³/mol. The van der Waals surface area contributed by atoms with Gasteiger partial charge in [0.25, 0.3) is 5.56 Å². The Morgan fingerprint density at radius 1 is 1.16 bits per heavy atom. The number of aryl methyl sites for hydroxylation is 2. The molecule has 0 fully saturated rings. The number of hydrogen-bond donors (Lipinski definition) is 1. The standard InChI is InChI=1S/C23H23N3O4S/c1-14-22-21(16-7-4-5-8-19(16)31-22)23(28)26(25-14)12-6-9-20(27)24-17-13-15(29-2)10-11-18(17)30-3/h4-5,7-8,10-11,13H,6,9,12H2,1-3H3,(H,24,27). The van der Waals surface area contributed by atoms with Crippen LogP contribution in [0, 0.1) is 6.92 Å². The van der Waals surface area contributed by atoms with Gasteiger partial charge < -0.3 is 14.8 Å². The zero-order valence-electron chi connectivity index (χ0n) is 17.6. The summed E-state index contributed by atoms with van der Waals surface area (Å²) in [6.45, 7) is 2.28. The van der Waals surface area contributed by atoms with Crippen LogP contribution in [-0.2, 0) is 11.3 Å². The minimum Gasteiger partial charge on any atom is -0.497 e. The van der Waals surface area contributed by atoms with Gasteiger partial charge in [-0.2, -0.15) is 5.10 Å². The van der Waals surface area contributed by atoms with Crippen molar-refractivity contribution in [1.29, 1.82) is 0 Å². The van der Waals surface area contributed by atoms with E-state index >= 15 is 0 Å². The lowest BCUT2D eigenvalue weighted by Crippen LogP contribution is -2.24. The van der Waals surface area contributed by atoms with Gasteiger partial charge in [-0.05, 0) is 31.5 Å². The number of thiophene rings is 1. The van der Waals surface area contributed by atoms with E-state index in [1.165, 1.54) is 4.68 Å². The van der Waals surface area contributed by atoms with Crippen LogP contribution in [0.1, 0.15) is 18.5 Å². The third-order valence-electron chi connectivity index (χ3n) is 5.10. The Bertz CT molecular complexity index is 1330. The number of carbonyl (C=O) groups is 1. The van der Waals surface area contributed by atoms with Gasteiger partial charge in [0.1, 0.15) is 11.5 Å². The number of nitrogens with one attached hydrogen (secondary N) is 1. The van der Waals surface area contributed by atoms with Crippen molar-refractivity contribution in [3.05, 3.63) is 58.5 Å². The van der Waals surface area contributed by atoms with Gasteiger partial charge >= 0.3 is 0 Å². The lowest BCUT2D eigenvalue weighted by Gasteiger charge is -2.12. The molecule has 7 nitrogen and oxygen atoms in total. The second kappa shape index (κ2) is 8.77. The topological polar surface area (TPSA) is 82.4 Å². The first kappa shape index (κ1) is 20.9. The molecule has 1 N–H and O–H groups in total. The van der Waals surface area contributed by atoms with Gasteiger partial charge in [0.2, 0.25) is 5.91 Å². The minimum atomic E-state index is -0.168. The summed E-state index contributed by atoms with van der Waals surface area (Å²) in [5.41, 5.74) is 1.25. The number of fused-ring (bicyclic) bond motifs is 3. The largest absolute Gasteiger partial charge is 0.497 e. The quantitative estimate of drug-likeness (QED) is 0.465. The predicted octanol–water partition coefficient (Wildman–Crippen LogP) is 4.36. The number of rotatable bonds is 7. The molecule has 0 atom stereocenters. The molecule has 0 saturated heterocycles. The SMILES string of the molecule is COc1ccc(OC)c(NC(=O)CCCn2nc(C)c3sc4ccccc4c3c2=O)c1. The average molecular weight is 438 g/mol. The van der Waals surface area contributed by atoms with Crippen LogP contribution >= 0.6 is 11.3 Å². The second-order valence-corrected chi connectivity index (χ2v) is 8.19. The molecule has 0 aliphatic rings. The molecule has 0 unspecified atom stereocenters. The monoisotopic (exact) mass is 437 g/mol. The summed E-state index contributed by atoms with van der Waals surface area (Å²) in [6, 6.07) is 13.1. The number of hydrogen-bond acceptors (Lipinski definition) is 6. The summed E-state index contributed by atoms with van der Waals surface area (Å²) >= 11 is 1.59. The maximum absolute atomic E-state index is 13.1. The van der Waals surface area contributed by atoms with Crippen molar-refractivity contribution in [1.82, 2.24) is 9.78 Å². The van der Waals surface area contributed by atoms with E-state index in [2.05, 4.69) is 10.4 Å². The van der Waals surface area contributed by atoms with E-state index in [1.807, 2.05) is 31.2 Å². The highest BCUT2D eigenvalue weighted by Gasteiger charge is 2.15. The Labute approximate surface area is 183 Å². The molecule has 0 spiro atoms. The molecule has 2 aromatic carbocycles. The fourth-order valence-electron chi connectivity index (χ4n) is 3.58. The second-order valence-electron chi connectivity index (χ2n) is 7.13. The molecule has 160 valence electrons. The number of anilines is 1. The number of benzene rings is 2. The molecule has 1 amide bonds. The first-order chi connectivity index (χ1) is 15.0. The van der Waals surface area contributed by atoms with Crippen molar-refractivity contribution in [3.8, 4) is 11.5 Å². The Balaban J connectivity index is 1.49. The minimum absolute atomic E-state index is 0.118. The van der Waals surface area contributed by atoms with Crippen molar-refractivity contribution in [2.45, 2.75) is 26.3 Å². The number of nitrogens with zero attached hydrogens (tertiary/aromatic N) is 2. The summed E-state index contributed by atoms with van der Waals surface area (Å²) in [5.74, 6) is 1.01. The highest BCUT2D eigenvalue weighted by Crippen LogP contribution is 2.32. The summed E-state index contributed by atoms with van der Waals surface area (Å²) < 4.78 is 14.0. The van der Waals surface area contributed by atoms with E-state index in [0.29, 0.717) is 35.5 Å². The van der Waals surface area contributed by atoms with E-state index in [4.69, 9.17) is 9.47 Å². The maximum atomic E-state index is 13.1. The molecule has 0 bridgehead atoms. The lowest BCUT2D eigenvalue weighted by atomic mass is 10.2. The van der Waals surface area contributed by atoms with Gasteiger partial charge in [0.05, 0.1) is 35.7 Å². The van der Waals surface area contributed by atoms with Crippen LogP contribution in [0.5, 0.6) is 11.5 Å². The van der Waals surface area contributed by atoms with E-state index in [-0.39, 0.29) is 17.9 Å². The van der Waals surface area contributed by atoms with E-state index in [1.54, 1.807) is 43.8 Å². The van der Waals surface area contributed by atoms with Crippen molar-refractivity contribution in [2.24, 2.45) is 0 Å². The molecule has 8 heteroatoms. The van der Waals surface area contributed by atoms with Crippen LogP contribution < -0.4 is 20.3 Å². The van der Waals surface area contributed by atoms with Crippen molar-refractivity contribution in [2.75, 3.05) is 19.5 Å². The summed E-state index contributed by atoms with van der Waals surface area (Å²) in [5, 5.41) is 8.98. The fraction of sp³-hybridized carbons (Fsp3) is 0.261. The molecule has 0 aliphatic carbocycles. The number of methoxy groups -OCH3 is 2. The Morgan fingerprint density at radius 2 is 1.97 bits per heavy atom. The molecular weight excluding hydrogens is 414 g/mol. The third-order valence-corrected chi connectivity index (χ3v) is 6.38. The zero-order chi connectivity index (χ0) is 22.0. The average Bonchev–Trinajstić information content (AvgIpc) is 3.17. The molecule has 0 saturated carbocycles.